The molecule has 2 rings (SSSR count). The summed E-state index contributed by atoms with van der Waals surface area (Å²) in [5.74, 6) is -0.399. The van der Waals surface area contributed by atoms with Gasteiger partial charge in [0.25, 0.3) is 5.91 Å². The summed E-state index contributed by atoms with van der Waals surface area (Å²) in [4.78, 5) is 24.7. The first-order valence-electron chi connectivity index (χ1n) is 8.74. The summed E-state index contributed by atoms with van der Waals surface area (Å²) < 4.78 is 15.5. The Morgan fingerprint density at radius 2 is 1.59 bits per heavy atom. The number of aryl methyl sites for hydroxylation is 1. The molecule has 1 atom stereocenters. The van der Waals surface area contributed by atoms with Gasteiger partial charge >= 0.3 is 5.97 Å². The Hall–Kier alpha value is -3.02. The summed E-state index contributed by atoms with van der Waals surface area (Å²) in [6.45, 7) is 3.60. The monoisotopic (exact) mass is 371 g/mol. The van der Waals surface area contributed by atoms with Crippen LogP contribution in [0.5, 0.6) is 11.5 Å². The Bertz CT molecular complexity index is 763. The molecule has 144 valence electrons. The number of nitrogens with one attached hydrogen (secondary N) is 1. The fourth-order valence-electron chi connectivity index (χ4n) is 2.71. The van der Waals surface area contributed by atoms with Crippen molar-refractivity contribution in [1.82, 2.24) is 5.32 Å². The van der Waals surface area contributed by atoms with Gasteiger partial charge in [0, 0.05) is 0 Å². The van der Waals surface area contributed by atoms with Crippen LogP contribution in [0.25, 0.3) is 0 Å². The van der Waals surface area contributed by atoms with Crippen LogP contribution in [-0.4, -0.2) is 32.7 Å². The summed E-state index contributed by atoms with van der Waals surface area (Å²) in [5, 5.41) is 2.89. The zero-order chi connectivity index (χ0) is 19.8. The second-order valence-corrected chi connectivity index (χ2v) is 6.05. The summed E-state index contributed by atoms with van der Waals surface area (Å²) in [6, 6.07) is 12.8. The highest BCUT2D eigenvalue weighted by molar-refractivity contribution is 5.96. The second-order valence-electron chi connectivity index (χ2n) is 6.05. The number of methoxy groups -OCH3 is 2. The van der Waals surface area contributed by atoms with Crippen LogP contribution >= 0.6 is 0 Å². The average Bonchev–Trinajstić information content (AvgIpc) is 2.70. The lowest BCUT2D eigenvalue weighted by atomic mass is 10.0. The minimum Gasteiger partial charge on any atom is -0.496 e. The van der Waals surface area contributed by atoms with Crippen molar-refractivity contribution in [2.75, 3.05) is 20.8 Å². The number of carbonyl (C=O) groups excluding carboxylic acids is 2. The summed E-state index contributed by atoms with van der Waals surface area (Å²) >= 11 is 0. The minimum atomic E-state index is -0.678. The molecule has 0 spiro atoms. The molecule has 0 unspecified atom stereocenters. The molecule has 0 heterocycles. The van der Waals surface area contributed by atoms with Gasteiger partial charge < -0.3 is 19.5 Å². The molecule has 6 heteroatoms. The van der Waals surface area contributed by atoms with E-state index >= 15 is 0 Å². The van der Waals surface area contributed by atoms with Crippen LogP contribution in [0.2, 0.25) is 0 Å². The molecule has 0 aromatic heterocycles. The van der Waals surface area contributed by atoms with Gasteiger partial charge in [-0.25, -0.2) is 4.79 Å². The summed E-state index contributed by atoms with van der Waals surface area (Å²) in [7, 11) is 2.90. The van der Waals surface area contributed by atoms with Crippen molar-refractivity contribution in [3.8, 4) is 11.5 Å². The highest BCUT2D eigenvalue weighted by Crippen LogP contribution is 2.28. The van der Waals surface area contributed by atoms with Crippen molar-refractivity contribution in [2.45, 2.75) is 26.3 Å². The molecule has 6 nitrogen and oxygen atoms in total. The Morgan fingerprint density at radius 1 is 1.00 bits per heavy atom. The predicted molar refractivity (Wildman–Crippen MR) is 102 cm³/mol. The van der Waals surface area contributed by atoms with E-state index in [9.17, 15) is 9.59 Å². The topological polar surface area (TPSA) is 73.9 Å². The minimum absolute atomic E-state index is 0.141. The smallest absolute Gasteiger partial charge is 0.346 e. The van der Waals surface area contributed by atoms with E-state index in [1.165, 1.54) is 14.2 Å². The first-order valence-corrected chi connectivity index (χ1v) is 8.74. The van der Waals surface area contributed by atoms with Crippen LogP contribution in [0, 0.1) is 6.92 Å². The molecule has 1 amide bonds. The van der Waals surface area contributed by atoms with E-state index in [1.54, 1.807) is 18.2 Å². The zero-order valence-corrected chi connectivity index (χ0v) is 16.1. The maximum absolute atomic E-state index is 12.4. The summed E-state index contributed by atoms with van der Waals surface area (Å²) in [5.41, 5.74) is 2.31. The molecule has 0 saturated heterocycles. The van der Waals surface area contributed by atoms with Crippen LogP contribution in [0.3, 0.4) is 0 Å². The fraction of sp³-hybridized carbons (Fsp3) is 0.333. The third-order valence-corrected chi connectivity index (χ3v) is 4.19. The van der Waals surface area contributed by atoms with Gasteiger partial charge in [0.2, 0.25) is 0 Å². The normalized spacial score (nSPS) is 11.4. The van der Waals surface area contributed by atoms with Crippen LogP contribution in [-0.2, 0) is 9.53 Å². The predicted octanol–water partition coefficient (Wildman–Crippen LogP) is 3.44. The fourth-order valence-corrected chi connectivity index (χ4v) is 2.71. The Balaban J connectivity index is 2.00. The molecular formula is C21H25NO5. The zero-order valence-electron chi connectivity index (χ0n) is 16.1. The molecule has 0 aliphatic carbocycles. The molecule has 0 fully saturated rings. The van der Waals surface area contributed by atoms with Crippen molar-refractivity contribution >= 4 is 11.9 Å². The van der Waals surface area contributed by atoms with E-state index in [1.807, 2.05) is 38.1 Å². The van der Waals surface area contributed by atoms with Crippen molar-refractivity contribution in [3.63, 3.8) is 0 Å². The number of hydrogen-bond donors (Lipinski definition) is 1. The standard InChI is InChI=1S/C21H25NO5/c1-5-16(15-11-9-14(2)10-12-15)22-19(23)13-27-21(24)20-17(25-3)7-6-8-18(20)26-4/h6-12,16H,5,13H2,1-4H3,(H,22,23)/t16-/m1/s1. The Morgan fingerprint density at radius 3 is 2.11 bits per heavy atom. The highest BCUT2D eigenvalue weighted by atomic mass is 16.5. The van der Waals surface area contributed by atoms with E-state index in [0.29, 0.717) is 11.5 Å². The maximum atomic E-state index is 12.4. The van der Waals surface area contributed by atoms with Crippen LogP contribution in [0.15, 0.2) is 42.5 Å². The molecule has 0 saturated carbocycles. The molecule has 0 aliphatic heterocycles. The van der Waals surface area contributed by atoms with E-state index in [-0.39, 0.29) is 24.1 Å². The Labute approximate surface area is 159 Å². The van der Waals surface area contributed by atoms with Gasteiger partial charge in [0.05, 0.1) is 20.3 Å². The molecule has 0 aliphatic rings. The molecule has 2 aromatic carbocycles. The second kappa shape index (κ2) is 9.62. The van der Waals surface area contributed by atoms with E-state index in [2.05, 4.69) is 5.32 Å². The molecule has 27 heavy (non-hydrogen) atoms. The third-order valence-electron chi connectivity index (χ3n) is 4.19. The number of hydrogen-bond acceptors (Lipinski definition) is 5. The van der Waals surface area contributed by atoms with Crippen molar-refractivity contribution in [1.29, 1.82) is 0 Å². The largest absolute Gasteiger partial charge is 0.496 e. The van der Waals surface area contributed by atoms with Crippen LogP contribution in [0.4, 0.5) is 0 Å². The highest BCUT2D eigenvalue weighted by Gasteiger charge is 2.21. The first kappa shape index (κ1) is 20.3. The molecule has 2 aromatic rings. The van der Waals surface area contributed by atoms with Gasteiger partial charge in [-0.15, -0.1) is 0 Å². The number of carbonyl (C=O) groups is 2. The number of benzene rings is 2. The number of ether oxygens (including phenoxy) is 3. The van der Waals surface area contributed by atoms with E-state index < -0.39 is 5.97 Å². The van der Waals surface area contributed by atoms with Gasteiger partial charge in [-0.05, 0) is 31.0 Å². The van der Waals surface area contributed by atoms with Gasteiger partial charge in [0.15, 0.2) is 6.61 Å². The van der Waals surface area contributed by atoms with Gasteiger partial charge in [-0.1, -0.05) is 42.8 Å². The van der Waals surface area contributed by atoms with Crippen molar-refractivity contribution in [3.05, 3.63) is 59.2 Å². The van der Waals surface area contributed by atoms with Crippen molar-refractivity contribution in [2.24, 2.45) is 0 Å². The van der Waals surface area contributed by atoms with Crippen molar-refractivity contribution < 1.29 is 23.8 Å². The van der Waals surface area contributed by atoms with Gasteiger partial charge in [-0.2, -0.15) is 0 Å². The SMILES string of the molecule is CC[C@@H](NC(=O)COC(=O)c1c(OC)cccc1OC)c1ccc(C)cc1. The Kier molecular flexibility index (Phi) is 7.23. The lowest BCUT2D eigenvalue weighted by Crippen LogP contribution is -2.32. The average molecular weight is 371 g/mol. The quantitative estimate of drug-likeness (QED) is 0.720. The molecule has 1 N–H and O–H groups in total. The number of amides is 1. The molecule has 0 bridgehead atoms. The van der Waals surface area contributed by atoms with E-state index in [0.717, 1.165) is 17.5 Å². The number of esters is 1. The molecular weight excluding hydrogens is 346 g/mol. The summed E-state index contributed by atoms with van der Waals surface area (Å²) in [6.07, 6.45) is 0.725. The third kappa shape index (κ3) is 5.23. The van der Waals surface area contributed by atoms with Crippen LogP contribution in [0.1, 0.15) is 40.9 Å². The van der Waals surface area contributed by atoms with Crippen LogP contribution < -0.4 is 14.8 Å². The van der Waals surface area contributed by atoms with E-state index in [4.69, 9.17) is 14.2 Å². The lowest BCUT2D eigenvalue weighted by molar-refractivity contribution is -0.125. The van der Waals surface area contributed by atoms with Gasteiger partial charge in [-0.3, -0.25) is 4.79 Å². The lowest BCUT2D eigenvalue weighted by Gasteiger charge is -2.18. The number of rotatable bonds is 8. The molecule has 0 radical (unpaired) electrons. The first-order chi connectivity index (χ1) is 13.0. The van der Waals surface area contributed by atoms with Gasteiger partial charge in [0.1, 0.15) is 17.1 Å². The maximum Gasteiger partial charge on any atom is 0.346 e.